The zero-order valence-electron chi connectivity index (χ0n) is 42.8. The number of rotatable bonds is 5. The minimum absolute atomic E-state index is 0.110. The summed E-state index contributed by atoms with van der Waals surface area (Å²) in [6, 6.07) is 73.8. The molecule has 75 heavy (non-hydrogen) atoms. The van der Waals surface area contributed by atoms with Gasteiger partial charge in [0, 0.05) is 30.9 Å². The van der Waals surface area contributed by atoms with Gasteiger partial charge in [0.15, 0.2) is 0 Å². The average Bonchev–Trinajstić information content (AvgIpc) is 3.75. The van der Waals surface area contributed by atoms with Crippen LogP contribution in [0.4, 0.5) is 45.5 Å². The molecule has 10 aromatic rings. The van der Waals surface area contributed by atoms with E-state index in [9.17, 15) is 0 Å². The predicted molar refractivity (Wildman–Crippen MR) is 319 cm³/mol. The van der Waals surface area contributed by atoms with Crippen molar-refractivity contribution in [3.05, 3.63) is 247 Å². The summed E-state index contributed by atoms with van der Waals surface area (Å²) in [6.45, 7) is 4.86. The molecule has 0 amide bonds. The lowest BCUT2D eigenvalue weighted by atomic mass is 9.78. The highest BCUT2D eigenvalue weighted by Crippen LogP contribution is 2.56. The molecule has 0 radical (unpaired) electrons. The number of para-hydroxylation sites is 6. The number of nitrogens with zero attached hydrogens (tertiary/aromatic N) is 4. The van der Waals surface area contributed by atoms with E-state index in [1.807, 2.05) is 0 Å². The van der Waals surface area contributed by atoms with Gasteiger partial charge in [-0.25, -0.2) is 0 Å². The van der Waals surface area contributed by atoms with Crippen molar-refractivity contribution >= 4 is 83.4 Å². The fraction of sp³-hybridized carbons (Fsp3) is 0.127. The van der Waals surface area contributed by atoms with Gasteiger partial charge < -0.3 is 19.6 Å². The summed E-state index contributed by atoms with van der Waals surface area (Å²) in [5.41, 5.74) is 22.5. The number of likely N-dealkylation sites (N-methyl/N-ethyl adjacent to an activating group) is 1. The van der Waals surface area contributed by atoms with Crippen LogP contribution in [0, 0.1) is 0 Å². The summed E-state index contributed by atoms with van der Waals surface area (Å²) < 4.78 is 0. The van der Waals surface area contributed by atoms with Crippen LogP contribution in [0.1, 0.15) is 37.8 Å². The van der Waals surface area contributed by atoms with Gasteiger partial charge in [-0.2, -0.15) is 0 Å². The quantitative estimate of drug-likeness (QED) is 0.159. The van der Waals surface area contributed by atoms with Crippen LogP contribution in [0.2, 0.25) is 0 Å². The van der Waals surface area contributed by atoms with Crippen molar-refractivity contribution in [3.8, 4) is 33.4 Å². The fourth-order valence-corrected chi connectivity index (χ4v) is 13.7. The van der Waals surface area contributed by atoms with E-state index < -0.39 is 0 Å². The largest absolute Gasteiger partial charge is 0.364 e. The molecule has 0 bridgehead atoms. The van der Waals surface area contributed by atoms with Gasteiger partial charge in [-0.15, -0.1) is 0 Å². The van der Waals surface area contributed by atoms with E-state index in [0.717, 1.165) is 29.9 Å². The highest BCUT2D eigenvalue weighted by molar-refractivity contribution is 6.23. The molecular formula is C71H56N4. The molecule has 4 nitrogen and oxygen atoms in total. The van der Waals surface area contributed by atoms with E-state index in [-0.39, 0.29) is 17.5 Å². The Morgan fingerprint density at radius 2 is 1.01 bits per heavy atom. The molecule has 0 saturated carbocycles. The zero-order valence-corrected chi connectivity index (χ0v) is 42.8. The molecule has 3 aliphatic carbocycles. The second-order valence-corrected chi connectivity index (χ2v) is 21.7. The van der Waals surface area contributed by atoms with E-state index >= 15 is 0 Å². The number of hydrogen-bond acceptors (Lipinski definition) is 4. The zero-order chi connectivity index (χ0) is 50.1. The maximum Gasteiger partial charge on any atom is 0.0765 e. The Hall–Kier alpha value is -8.86. The molecule has 2 heterocycles. The summed E-state index contributed by atoms with van der Waals surface area (Å²) in [4.78, 5) is 9.84. The molecular weight excluding hydrogens is 909 g/mol. The van der Waals surface area contributed by atoms with Crippen LogP contribution in [-0.4, -0.2) is 26.2 Å². The number of benzene rings is 10. The van der Waals surface area contributed by atoms with Crippen LogP contribution >= 0.6 is 0 Å². The van der Waals surface area contributed by atoms with Gasteiger partial charge >= 0.3 is 0 Å². The number of hydrogen-bond donors (Lipinski definition) is 0. The van der Waals surface area contributed by atoms with E-state index in [2.05, 4.69) is 278 Å². The SMILES string of the molecule is CN1c2ccccc2N(c2ccc3c(-c4ccc5cc(-c6ccccc6)ccc5c4)c4cc(N5c6ccccc6N(C)C6C=CC=CC65)ccc4c(-c4ccc5c(c4)C(C)(C)C4=C5CCC=C4)c3c2)c2ccccc21. The first-order valence-corrected chi connectivity index (χ1v) is 26.7. The lowest BCUT2D eigenvalue weighted by Gasteiger charge is -2.48. The number of allylic oxidation sites excluding steroid dienone is 6. The third-order valence-electron chi connectivity index (χ3n) is 17.3. The normalized spacial score (nSPS) is 17.8. The van der Waals surface area contributed by atoms with Crippen molar-refractivity contribution in [2.24, 2.45) is 0 Å². The van der Waals surface area contributed by atoms with Crippen LogP contribution in [0.5, 0.6) is 0 Å². The monoisotopic (exact) mass is 964 g/mol. The van der Waals surface area contributed by atoms with Crippen LogP contribution in [0.25, 0.3) is 71.3 Å². The van der Waals surface area contributed by atoms with Crippen molar-refractivity contribution in [1.29, 1.82) is 0 Å². The standard InChI is InChI=1S/C71H56N4/c1-71(2)59-21-9-8-20-53(59)54-37-34-50(42-60(54)71)70-56-39-36-51(74-65-26-14-10-22-61(65)72(3)62-23-11-15-27-66(62)74)43-57(56)69(49-33-32-47-40-46(30-31-48(47)41-49)45-18-6-5-7-19-45)55-38-35-52(44-58(55)70)75-67-28-16-12-24-63(67)73(4)64-25-13-17-29-68(64)75/h5-7,9-19,21-44,61,65H,8,20H2,1-4H3. The van der Waals surface area contributed by atoms with Crippen molar-refractivity contribution < 1.29 is 0 Å². The Morgan fingerprint density at radius 3 is 1.72 bits per heavy atom. The van der Waals surface area contributed by atoms with Crippen molar-refractivity contribution in [2.45, 2.75) is 44.2 Å². The van der Waals surface area contributed by atoms with Gasteiger partial charge in [-0.3, -0.25) is 0 Å². The summed E-state index contributed by atoms with van der Waals surface area (Å²) in [5, 5.41) is 7.38. The fourth-order valence-electron chi connectivity index (χ4n) is 13.7. The van der Waals surface area contributed by atoms with E-state index in [1.165, 1.54) is 116 Å². The molecule has 4 heteroatoms. The Morgan fingerprint density at radius 1 is 0.453 bits per heavy atom. The molecule has 2 aliphatic heterocycles. The summed E-state index contributed by atoms with van der Waals surface area (Å²) in [5.74, 6) is 0. The minimum Gasteiger partial charge on any atom is -0.364 e. The Kier molecular flexibility index (Phi) is 9.66. The lowest BCUT2D eigenvalue weighted by molar-refractivity contribution is 0.620. The van der Waals surface area contributed by atoms with Crippen LogP contribution in [0.3, 0.4) is 0 Å². The molecule has 360 valence electrons. The highest BCUT2D eigenvalue weighted by atomic mass is 15.3. The molecule has 0 aromatic heterocycles. The Balaban J connectivity index is 1.03. The van der Waals surface area contributed by atoms with E-state index in [0.29, 0.717) is 0 Å². The molecule has 2 atom stereocenters. The van der Waals surface area contributed by atoms with E-state index in [4.69, 9.17) is 0 Å². The third-order valence-corrected chi connectivity index (χ3v) is 17.3. The second kappa shape index (κ2) is 16.6. The minimum atomic E-state index is -0.118. The third kappa shape index (κ3) is 6.55. The highest BCUT2D eigenvalue weighted by Gasteiger charge is 2.39. The van der Waals surface area contributed by atoms with Crippen molar-refractivity contribution in [1.82, 2.24) is 0 Å². The van der Waals surface area contributed by atoms with Crippen LogP contribution in [-0.2, 0) is 5.41 Å². The summed E-state index contributed by atoms with van der Waals surface area (Å²) in [6.07, 6.45) is 16.1. The molecule has 2 unspecified atom stereocenters. The van der Waals surface area contributed by atoms with Gasteiger partial charge in [0.05, 0.1) is 46.2 Å². The molecule has 0 saturated heterocycles. The number of anilines is 8. The molecule has 10 aromatic carbocycles. The van der Waals surface area contributed by atoms with Gasteiger partial charge in [0.25, 0.3) is 0 Å². The molecule has 0 N–H and O–H groups in total. The van der Waals surface area contributed by atoms with Crippen LogP contribution < -0.4 is 19.6 Å². The van der Waals surface area contributed by atoms with Crippen LogP contribution in [0.15, 0.2) is 236 Å². The topological polar surface area (TPSA) is 13.0 Å². The smallest absolute Gasteiger partial charge is 0.0765 e. The Labute approximate surface area is 439 Å². The molecule has 0 fully saturated rings. The Bertz CT molecular complexity index is 4120. The first kappa shape index (κ1) is 43.7. The molecule has 5 aliphatic rings. The van der Waals surface area contributed by atoms with Gasteiger partial charge in [-0.1, -0.05) is 166 Å². The first-order chi connectivity index (χ1) is 36.8. The molecule has 0 spiro atoms. The number of fused-ring (bicyclic) bond motifs is 9. The maximum atomic E-state index is 2.59. The van der Waals surface area contributed by atoms with Crippen molar-refractivity contribution in [2.75, 3.05) is 33.7 Å². The second-order valence-electron chi connectivity index (χ2n) is 21.7. The van der Waals surface area contributed by atoms with Gasteiger partial charge in [0.2, 0.25) is 0 Å². The van der Waals surface area contributed by atoms with Crippen molar-refractivity contribution in [3.63, 3.8) is 0 Å². The average molecular weight is 965 g/mol. The first-order valence-electron chi connectivity index (χ1n) is 26.7. The lowest BCUT2D eigenvalue weighted by Crippen LogP contribution is -2.52. The van der Waals surface area contributed by atoms with E-state index in [1.54, 1.807) is 0 Å². The molecule has 15 rings (SSSR count). The summed E-state index contributed by atoms with van der Waals surface area (Å²) in [7, 11) is 4.43. The van der Waals surface area contributed by atoms with Gasteiger partial charge in [0.1, 0.15) is 0 Å². The van der Waals surface area contributed by atoms with Gasteiger partial charge in [-0.05, 0) is 180 Å². The maximum absolute atomic E-state index is 2.59. The predicted octanol–water partition coefficient (Wildman–Crippen LogP) is 18.5. The summed E-state index contributed by atoms with van der Waals surface area (Å²) >= 11 is 0.